The second-order valence-electron chi connectivity index (χ2n) is 6.38. The normalized spacial score (nSPS) is 10.6. The van der Waals surface area contributed by atoms with Crippen molar-refractivity contribution in [1.29, 1.82) is 0 Å². The lowest BCUT2D eigenvalue weighted by Gasteiger charge is -2.10. The molecule has 0 bridgehead atoms. The molecule has 4 aromatic rings. The summed E-state index contributed by atoms with van der Waals surface area (Å²) in [6, 6.07) is 13.6. The average Bonchev–Trinajstić information content (AvgIpc) is 3.26. The minimum Gasteiger partial charge on any atom is -0.340 e. The molecule has 0 unspecified atom stereocenters. The molecule has 3 aromatic heterocycles. The van der Waals surface area contributed by atoms with Gasteiger partial charge in [-0.1, -0.05) is 0 Å². The summed E-state index contributed by atoms with van der Waals surface area (Å²) in [5, 5.41) is 14.0. The fourth-order valence-electron chi connectivity index (χ4n) is 2.76. The number of carbonyl (C=O) groups is 1. The molecule has 1 amide bonds. The van der Waals surface area contributed by atoms with Crippen molar-refractivity contribution in [3.05, 3.63) is 83.3 Å². The molecule has 10 heteroatoms. The zero-order valence-electron chi connectivity index (χ0n) is 16.1. The molecule has 0 aliphatic rings. The maximum absolute atomic E-state index is 12.1. The van der Waals surface area contributed by atoms with E-state index < -0.39 is 0 Å². The van der Waals surface area contributed by atoms with Gasteiger partial charge in [-0.3, -0.25) is 9.59 Å². The van der Waals surface area contributed by atoms with Crippen molar-refractivity contribution in [2.24, 2.45) is 0 Å². The van der Waals surface area contributed by atoms with Gasteiger partial charge in [-0.25, -0.2) is 19.3 Å². The van der Waals surface area contributed by atoms with E-state index in [0.717, 1.165) is 10.4 Å². The molecule has 0 fully saturated rings. The van der Waals surface area contributed by atoms with Crippen LogP contribution in [-0.4, -0.2) is 35.4 Å². The van der Waals surface area contributed by atoms with Crippen LogP contribution in [0.25, 0.3) is 5.82 Å². The van der Waals surface area contributed by atoms with Crippen LogP contribution in [0.5, 0.6) is 0 Å². The van der Waals surface area contributed by atoms with E-state index in [1.54, 1.807) is 29.1 Å². The first-order valence-electron chi connectivity index (χ1n) is 9.11. The van der Waals surface area contributed by atoms with Gasteiger partial charge in [0, 0.05) is 42.1 Å². The maximum atomic E-state index is 12.1. The molecule has 1 aromatic carbocycles. The molecule has 0 saturated heterocycles. The lowest BCUT2D eigenvalue weighted by Crippen LogP contribution is -2.28. The van der Waals surface area contributed by atoms with Crippen LogP contribution in [0.1, 0.15) is 5.82 Å². The van der Waals surface area contributed by atoms with Gasteiger partial charge in [-0.2, -0.15) is 10.2 Å². The number of aryl methyl sites for hydroxylation is 1. The third-order valence-electron chi connectivity index (χ3n) is 4.08. The lowest BCUT2D eigenvalue weighted by atomic mass is 10.2. The van der Waals surface area contributed by atoms with Crippen molar-refractivity contribution in [1.82, 2.24) is 29.5 Å². The maximum Gasteiger partial charge on any atom is 0.267 e. The number of hydrogen-bond donors (Lipinski definition) is 2. The summed E-state index contributed by atoms with van der Waals surface area (Å²) in [6.45, 7) is 1.65. The van der Waals surface area contributed by atoms with E-state index >= 15 is 0 Å². The Balaban J connectivity index is 1.42. The summed E-state index contributed by atoms with van der Waals surface area (Å²) in [5.74, 6) is 1.55. The first-order valence-corrected chi connectivity index (χ1v) is 9.11. The number of carbonyl (C=O) groups excluding carboxylic acids is 1. The van der Waals surface area contributed by atoms with Gasteiger partial charge in [0.1, 0.15) is 18.2 Å². The topological polar surface area (TPSA) is 120 Å². The van der Waals surface area contributed by atoms with Crippen LogP contribution in [0.3, 0.4) is 0 Å². The van der Waals surface area contributed by atoms with Crippen LogP contribution >= 0.6 is 0 Å². The molecular weight excluding hydrogens is 384 g/mol. The van der Waals surface area contributed by atoms with Crippen LogP contribution in [-0.2, 0) is 11.3 Å². The highest BCUT2D eigenvalue weighted by Crippen LogP contribution is 2.19. The van der Waals surface area contributed by atoms with Crippen molar-refractivity contribution >= 4 is 23.1 Å². The second kappa shape index (κ2) is 8.35. The Hall–Kier alpha value is -4.34. The van der Waals surface area contributed by atoms with Crippen LogP contribution in [0.4, 0.5) is 17.2 Å². The minimum absolute atomic E-state index is 0.157. The van der Waals surface area contributed by atoms with E-state index in [1.807, 2.05) is 31.3 Å². The molecule has 0 spiro atoms. The predicted molar refractivity (Wildman–Crippen MR) is 111 cm³/mol. The zero-order valence-corrected chi connectivity index (χ0v) is 16.1. The zero-order chi connectivity index (χ0) is 20.9. The van der Waals surface area contributed by atoms with Gasteiger partial charge in [0.05, 0.1) is 0 Å². The number of hydrogen-bond acceptors (Lipinski definition) is 7. The van der Waals surface area contributed by atoms with Crippen molar-refractivity contribution in [3.63, 3.8) is 0 Å². The molecule has 0 atom stereocenters. The summed E-state index contributed by atoms with van der Waals surface area (Å²) in [4.78, 5) is 32.6. The van der Waals surface area contributed by atoms with Gasteiger partial charge in [0.15, 0.2) is 5.82 Å². The summed E-state index contributed by atoms with van der Waals surface area (Å²) >= 11 is 0. The second-order valence-corrected chi connectivity index (χ2v) is 6.38. The lowest BCUT2D eigenvalue weighted by molar-refractivity contribution is -0.117. The molecular formula is C20H18N8O2. The Kier molecular flexibility index (Phi) is 5.29. The standard InChI is InChI=1S/C20H18N8O2/c1-14-23-17(12-18(24-14)27-11-3-10-21-27)25-15-5-7-16(8-6-15)26-19(29)13-28-20(30)4-2-9-22-28/h2-12H,13H2,1H3,(H,26,29)(H,23,24,25). The van der Waals surface area contributed by atoms with Crippen LogP contribution < -0.4 is 16.2 Å². The first kappa shape index (κ1) is 19.0. The Labute approximate surface area is 171 Å². The summed E-state index contributed by atoms with van der Waals surface area (Å²) in [7, 11) is 0. The Morgan fingerprint density at radius 2 is 1.77 bits per heavy atom. The summed E-state index contributed by atoms with van der Waals surface area (Å²) in [6.07, 6.45) is 4.95. The van der Waals surface area contributed by atoms with Crippen LogP contribution in [0.15, 0.2) is 71.9 Å². The molecule has 0 aliphatic carbocycles. The Bertz CT molecular complexity index is 1220. The van der Waals surface area contributed by atoms with Gasteiger partial charge < -0.3 is 10.6 Å². The van der Waals surface area contributed by atoms with Gasteiger partial charge >= 0.3 is 0 Å². The number of rotatable bonds is 6. The predicted octanol–water partition coefficient (Wildman–Crippen LogP) is 1.91. The molecule has 10 nitrogen and oxygen atoms in total. The van der Waals surface area contributed by atoms with Crippen molar-refractivity contribution in [2.75, 3.05) is 10.6 Å². The third kappa shape index (κ3) is 4.55. The van der Waals surface area contributed by atoms with E-state index in [-0.39, 0.29) is 18.0 Å². The fraction of sp³-hybridized carbons (Fsp3) is 0.100. The number of anilines is 3. The number of nitrogens with zero attached hydrogens (tertiary/aromatic N) is 6. The fourth-order valence-corrected chi connectivity index (χ4v) is 2.76. The van der Waals surface area contributed by atoms with Crippen LogP contribution in [0.2, 0.25) is 0 Å². The number of amides is 1. The van der Waals surface area contributed by atoms with E-state index in [9.17, 15) is 9.59 Å². The molecule has 30 heavy (non-hydrogen) atoms. The Morgan fingerprint density at radius 1 is 1.00 bits per heavy atom. The summed E-state index contributed by atoms with van der Waals surface area (Å²) in [5.41, 5.74) is 1.06. The van der Waals surface area contributed by atoms with Crippen molar-refractivity contribution < 1.29 is 4.79 Å². The van der Waals surface area contributed by atoms with Gasteiger partial charge in [0.25, 0.3) is 5.56 Å². The largest absolute Gasteiger partial charge is 0.340 e. The van der Waals surface area contributed by atoms with Crippen LogP contribution in [0, 0.1) is 6.92 Å². The minimum atomic E-state index is -0.341. The quantitative estimate of drug-likeness (QED) is 0.505. The van der Waals surface area contributed by atoms with E-state index in [4.69, 9.17) is 0 Å². The monoisotopic (exact) mass is 402 g/mol. The molecule has 2 N–H and O–H groups in total. The highest BCUT2D eigenvalue weighted by molar-refractivity contribution is 5.90. The molecule has 0 radical (unpaired) electrons. The third-order valence-corrected chi connectivity index (χ3v) is 4.08. The number of aromatic nitrogens is 6. The van der Waals surface area contributed by atoms with Gasteiger partial charge in [0.2, 0.25) is 5.91 Å². The van der Waals surface area contributed by atoms with Gasteiger partial charge in [-0.15, -0.1) is 0 Å². The smallest absolute Gasteiger partial charge is 0.267 e. The van der Waals surface area contributed by atoms with Crippen molar-refractivity contribution in [2.45, 2.75) is 13.5 Å². The van der Waals surface area contributed by atoms with E-state index in [1.165, 1.54) is 18.3 Å². The molecule has 0 aliphatic heterocycles. The first-order chi connectivity index (χ1) is 14.6. The van der Waals surface area contributed by atoms with E-state index in [2.05, 4.69) is 30.8 Å². The highest BCUT2D eigenvalue weighted by Gasteiger charge is 2.07. The SMILES string of the molecule is Cc1nc(Nc2ccc(NC(=O)Cn3ncccc3=O)cc2)cc(-n2cccn2)n1. The average molecular weight is 402 g/mol. The molecule has 3 heterocycles. The molecule has 0 saturated carbocycles. The highest BCUT2D eigenvalue weighted by atomic mass is 16.2. The molecule has 150 valence electrons. The Morgan fingerprint density at radius 3 is 2.50 bits per heavy atom. The molecule has 4 rings (SSSR count). The number of nitrogens with one attached hydrogen (secondary N) is 2. The van der Waals surface area contributed by atoms with Crippen molar-refractivity contribution in [3.8, 4) is 5.82 Å². The van der Waals surface area contributed by atoms with E-state index in [0.29, 0.717) is 23.1 Å². The summed E-state index contributed by atoms with van der Waals surface area (Å²) < 4.78 is 2.76. The van der Waals surface area contributed by atoms with Gasteiger partial charge in [-0.05, 0) is 43.3 Å². The number of benzene rings is 1.